The van der Waals surface area contributed by atoms with Gasteiger partial charge in [0.25, 0.3) is 0 Å². The summed E-state index contributed by atoms with van der Waals surface area (Å²) in [5.41, 5.74) is 0.599. The van der Waals surface area contributed by atoms with E-state index >= 15 is 0 Å². The van der Waals surface area contributed by atoms with E-state index in [-0.39, 0.29) is 19.0 Å². The second-order valence-corrected chi connectivity index (χ2v) is 3.19. The predicted octanol–water partition coefficient (Wildman–Crippen LogP) is 0.622. The van der Waals surface area contributed by atoms with Crippen molar-refractivity contribution >= 4 is 5.97 Å². The number of aliphatic hydroxyl groups excluding tert-OH is 1. The maximum absolute atomic E-state index is 12.7. The standard InChI is InChI=1S/C11H14FNO3/c1-16-11(15)10(13-6-7-14)8-2-4-9(12)5-3-8/h2-5,10,13-14H,6-7H2,1H3/t10-/m0/s1. The van der Waals surface area contributed by atoms with Crippen LogP contribution in [0.1, 0.15) is 11.6 Å². The Morgan fingerprint density at radius 3 is 2.62 bits per heavy atom. The fourth-order valence-corrected chi connectivity index (χ4v) is 1.32. The molecule has 0 amide bonds. The first-order valence-corrected chi connectivity index (χ1v) is 4.86. The zero-order chi connectivity index (χ0) is 12.0. The summed E-state index contributed by atoms with van der Waals surface area (Å²) >= 11 is 0. The number of methoxy groups -OCH3 is 1. The lowest BCUT2D eigenvalue weighted by Gasteiger charge is -2.16. The molecule has 0 spiro atoms. The van der Waals surface area contributed by atoms with Crippen LogP contribution in [0.2, 0.25) is 0 Å². The van der Waals surface area contributed by atoms with Gasteiger partial charge in [0.1, 0.15) is 11.9 Å². The molecule has 2 N–H and O–H groups in total. The van der Waals surface area contributed by atoms with E-state index in [9.17, 15) is 9.18 Å². The Balaban J connectivity index is 2.82. The van der Waals surface area contributed by atoms with E-state index in [4.69, 9.17) is 5.11 Å². The molecular weight excluding hydrogens is 213 g/mol. The van der Waals surface area contributed by atoms with Crippen LogP contribution in [0.3, 0.4) is 0 Å². The van der Waals surface area contributed by atoms with Gasteiger partial charge in [0.2, 0.25) is 0 Å². The Kier molecular flexibility index (Phi) is 4.88. The second-order valence-electron chi connectivity index (χ2n) is 3.19. The number of carbonyl (C=O) groups excluding carboxylic acids is 1. The first kappa shape index (κ1) is 12.6. The number of hydrogen-bond donors (Lipinski definition) is 2. The number of esters is 1. The van der Waals surface area contributed by atoms with Gasteiger partial charge >= 0.3 is 5.97 Å². The van der Waals surface area contributed by atoms with Crippen LogP contribution in [0.25, 0.3) is 0 Å². The Bertz CT molecular complexity index is 340. The third-order valence-corrected chi connectivity index (χ3v) is 2.10. The lowest BCUT2D eigenvalue weighted by Crippen LogP contribution is -2.31. The Labute approximate surface area is 93.0 Å². The highest BCUT2D eigenvalue weighted by Crippen LogP contribution is 2.14. The molecule has 1 aromatic rings. The van der Waals surface area contributed by atoms with Gasteiger partial charge < -0.3 is 9.84 Å². The average Bonchev–Trinajstić information content (AvgIpc) is 2.31. The van der Waals surface area contributed by atoms with Crippen LogP contribution in [0, 0.1) is 5.82 Å². The molecule has 0 fully saturated rings. The number of halogens is 1. The number of aliphatic hydroxyl groups is 1. The highest BCUT2D eigenvalue weighted by molar-refractivity contribution is 5.77. The second kappa shape index (κ2) is 6.19. The topological polar surface area (TPSA) is 58.6 Å². The van der Waals surface area contributed by atoms with Crippen molar-refractivity contribution in [3.63, 3.8) is 0 Å². The fourth-order valence-electron chi connectivity index (χ4n) is 1.32. The molecule has 0 aliphatic heterocycles. The molecule has 0 aromatic heterocycles. The number of carbonyl (C=O) groups is 1. The zero-order valence-corrected chi connectivity index (χ0v) is 8.94. The Morgan fingerprint density at radius 2 is 2.12 bits per heavy atom. The lowest BCUT2D eigenvalue weighted by molar-refractivity contribution is -0.143. The molecule has 0 saturated carbocycles. The number of nitrogens with one attached hydrogen (secondary N) is 1. The molecule has 16 heavy (non-hydrogen) atoms. The first-order chi connectivity index (χ1) is 7.69. The van der Waals surface area contributed by atoms with E-state index in [1.807, 2.05) is 0 Å². The van der Waals surface area contributed by atoms with E-state index in [0.717, 1.165) is 0 Å². The van der Waals surface area contributed by atoms with Crippen LogP contribution in [-0.4, -0.2) is 31.3 Å². The minimum atomic E-state index is -0.683. The van der Waals surface area contributed by atoms with Gasteiger partial charge in [0, 0.05) is 6.54 Å². The van der Waals surface area contributed by atoms with Crippen LogP contribution in [-0.2, 0) is 9.53 Å². The first-order valence-electron chi connectivity index (χ1n) is 4.86. The van der Waals surface area contributed by atoms with Crippen molar-refractivity contribution in [3.05, 3.63) is 35.6 Å². The van der Waals surface area contributed by atoms with Crippen LogP contribution in [0.5, 0.6) is 0 Å². The molecule has 1 rings (SSSR count). The maximum Gasteiger partial charge on any atom is 0.327 e. The minimum Gasteiger partial charge on any atom is -0.468 e. The molecule has 0 radical (unpaired) electrons. The highest BCUT2D eigenvalue weighted by Gasteiger charge is 2.20. The summed E-state index contributed by atoms with van der Waals surface area (Å²) in [6.45, 7) is 0.172. The van der Waals surface area contributed by atoms with Gasteiger partial charge in [0.15, 0.2) is 0 Å². The van der Waals surface area contributed by atoms with Crippen LogP contribution < -0.4 is 5.32 Å². The molecule has 0 unspecified atom stereocenters. The monoisotopic (exact) mass is 227 g/mol. The van der Waals surface area contributed by atoms with Gasteiger partial charge in [-0.15, -0.1) is 0 Å². The van der Waals surface area contributed by atoms with Crippen molar-refractivity contribution in [1.82, 2.24) is 5.32 Å². The third kappa shape index (κ3) is 3.29. The van der Waals surface area contributed by atoms with Gasteiger partial charge in [-0.2, -0.15) is 0 Å². The summed E-state index contributed by atoms with van der Waals surface area (Å²) in [4.78, 5) is 11.4. The minimum absolute atomic E-state index is 0.0886. The van der Waals surface area contributed by atoms with E-state index in [2.05, 4.69) is 10.1 Å². The van der Waals surface area contributed by atoms with Gasteiger partial charge in [-0.05, 0) is 17.7 Å². The largest absolute Gasteiger partial charge is 0.468 e. The molecule has 5 heteroatoms. The average molecular weight is 227 g/mol. The molecule has 0 aliphatic carbocycles. The van der Waals surface area contributed by atoms with Crippen molar-refractivity contribution in [3.8, 4) is 0 Å². The van der Waals surface area contributed by atoms with Crippen LogP contribution in [0.15, 0.2) is 24.3 Å². The number of benzene rings is 1. The quantitative estimate of drug-likeness (QED) is 0.724. The summed E-state index contributed by atoms with van der Waals surface area (Å²) in [6, 6.07) is 4.86. The van der Waals surface area contributed by atoms with Crippen LogP contribution >= 0.6 is 0 Å². The van der Waals surface area contributed by atoms with E-state index in [0.29, 0.717) is 5.56 Å². The molecule has 0 aliphatic rings. The number of rotatable bonds is 5. The molecule has 1 atom stereocenters. The molecule has 0 saturated heterocycles. The van der Waals surface area contributed by atoms with Crippen molar-refractivity contribution in [2.75, 3.05) is 20.3 Å². The van der Waals surface area contributed by atoms with Crippen molar-refractivity contribution in [2.24, 2.45) is 0 Å². The fraction of sp³-hybridized carbons (Fsp3) is 0.364. The molecule has 1 aromatic carbocycles. The van der Waals surface area contributed by atoms with Crippen molar-refractivity contribution < 1.29 is 19.0 Å². The summed E-state index contributed by atoms with van der Waals surface area (Å²) < 4.78 is 17.3. The van der Waals surface area contributed by atoms with E-state index < -0.39 is 12.0 Å². The number of hydrogen-bond acceptors (Lipinski definition) is 4. The summed E-state index contributed by atoms with van der Waals surface area (Å²) in [7, 11) is 1.28. The molecule has 0 bridgehead atoms. The van der Waals surface area contributed by atoms with Gasteiger partial charge in [-0.25, -0.2) is 9.18 Å². The SMILES string of the molecule is COC(=O)[C@@H](NCCO)c1ccc(F)cc1. The van der Waals surface area contributed by atoms with E-state index in [1.54, 1.807) is 0 Å². The van der Waals surface area contributed by atoms with Gasteiger partial charge in [-0.1, -0.05) is 12.1 Å². The molecule has 88 valence electrons. The van der Waals surface area contributed by atoms with Gasteiger partial charge in [-0.3, -0.25) is 5.32 Å². The highest BCUT2D eigenvalue weighted by atomic mass is 19.1. The van der Waals surface area contributed by atoms with E-state index in [1.165, 1.54) is 31.4 Å². The summed E-state index contributed by atoms with van der Waals surface area (Å²) in [5, 5.41) is 11.5. The smallest absolute Gasteiger partial charge is 0.327 e. The summed E-state index contributed by atoms with van der Waals surface area (Å²) in [5.74, 6) is -0.838. The predicted molar refractivity (Wildman–Crippen MR) is 56.2 cm³/mol. The maximum atomic E-state index is 12.7. The van der Waals surface area contributed by atoms with Crippen molar-refractivity contribution in [2.45, 2.75) is 6.04 Å². The Morgan fingerprint density at radius 1 is 1.50 bits per heavy atom. The molecule has 4 nitrogen and oxygen atoms in total. The lowest BCUT2D eigenvalue weighted by atomic mass is 10.1. The molecular formula is C11H14FNO3. The molecule has 0 heterocycles. The van der Waals surface area contributed by atoms with Crippen LogP contribution in [0.4, 0.5) is 4.39 Å². The normalized spacial score (nSPS) is 12.2. The zero-order valence-electron chi connectivity index (χ0n) is 8.94. The summed E-state index contributed by atoms with van der Waals surface area (Å²) in [6.07, 6.45) is 0. The van der Waals surface area contributed by atoms with Gasteiger partial charge in [0.05, 0.1) is 13.7 Å². The number of ether oxygens (including phenoxy) is 1. The third-order valence-electron chi connectivity index (χ3n) is 2.10. The Hall–Kier alpha value is -1.46. The van der Waals surface area contributed by atoms with Crippen molar-refractivity contribution in [1.29, 1.82) is 0 Å².